The summed E-state index contributed by atoms with van der Waals surface area (Å²) in [5, 5.41) is 10.6. The Morgan fingerprint density at radius 2 is 1.67 bits per heavy atom. The summed E-state index contributed by atoms with van der Waals surface area (Å²) in [6, 6.07) is 17.5. The molecular formula is C18H17NO2. The number of carbonyl (C=O) groups is 1. The van der Waals surface area contributed by atoms with Gasteiger partial charge in [-0.1, -0.05) is 54.6 Å². The van der Waals surface area contributed by atoms with E-state index in [2.05, 4.69) is 0 Å². The van der Waals surface area contributed by atoms with Crippen LogP contribution in [0.2, 0.25) is 0 Å². The molecule has 3 nitrogen and oxygen atoms in total. The van der Waals surface area contributed by atoms with Crippen molar-refractivity contribution in [1.82, 2.24) is 4.90 Å². The van der Waals surface area contributed by atoms with Gasteiger partial charge in [0.1, 0.15) is 6.10 Å². The fourth-order valence-electron chi connectivity index (χ4n) is 2.75. The molecule has 21 heavy (non-hydrogen) atoms. The average Bonchev–Trinajstić information content (AvgIpc) is 2.53. The number of nitrogens with zero attached hydrogens (tertiary/aromatic N) is 1. The molecule has 1 heterocycles. The van der Waals surface area contributed by atoms with Crippen molar-refractivity contribution in [2.75, 3.05) is 7.05 Å². The second-order valence-corrected chi connectivity index (χ2v) is 5.23. The number of fused-ring (bicyclic) bond motifs is 1. The summed E-state index contributed by atoms with van der Waals surface area (Å²) in [6.07, 6.45) is 2.52. The van der Waals surface area contributed by atoms with Gasteiger partial charge in [0.05, 0.1) is 0 Å². The summed E-state index contributed by atoms with van der Waals surface area (Å²) in [5.74, 6) is -0.656. The third-order valence-electron chi connectivity index (χ3n) is 3.88. The summed E-state index contributed by atoms with van der Waals surface area (Å²) in [6.45, 7) is 0. The van der Waals surface area contributed by atoms with Crippen LogP contribution in [-0.2, 0) is 4.79 Å². The topological polar surface area (TPSA) is 40.5 Å². The number of amides is 1. The Balaban J connectivity index is 2.20. The zero-order valence-corrected chi connectivity index (χ0v) is 11.8. The van der Waals surface area contributed by atoms with Crippen LogP contribution in [0, 0.1) is 0 Å². The average molecular weight is 279 g/mol. The monoisotopic (exact) mass is 279 g/mol. The van der Waals surface area contributed by atoms with E-state index in [9.17, 15) is 9.90 Å². The minimum Gasteiger partial charge on any atom is -0.382 e. The molecule has 0 spiro atoms. The third-order valence-corrected chi connectivity index (χ3v) is 3.88. The molecule has 3 rings (SSSR count). The largest absolute Gasteiger partial charge is 0.382 e. The SMILES string of the molecule is CN1C=Cc2ccccc2[C@@H](c2ccccc2)C(O)C1=O. The summed E-state index contributed by atoms with van der Waals surface area (Å²) < 4.78 is 0. The van der Waals surface area contributed by atoms with Gasteiger partial charge in [0.2, 0.25) is 0 Å². The van der Waals surface area contributed by atoms with Crippen LogP contribution in [0.5, 0.6) is 0 Å². The Morgan fingerprint density at radius 1 is 1.00 bits per heavy atom. The molecule has 1 amide bonds. The number of likely N-dealkylation sites (N-methyl/N-ethyl adjacent to an activating group) is 1. The van der Waals surface area contributed by atoms with Gasteiger partial charge < -0.3 is 10.0 Å². The maximum absolute atomic E-state index is 12.3. The van der Waals surface area contributed by atoms with Crippen molar-refractivity contribution in [3.05, 3.63) is 77.5 Å². The van der Waals surface area contributed by atoms with E-state index >= 15 is 0 Å². The van der Waals surface area contributed by atoms with E-state index in [0.29, 0.717) is 0 Å². The molecule has 3 heteroatoms. The van der Waals surface area contributed by atoms with Crippen LogP contribution in [-0.4, -0.2) is 29.1 Å². The molecule has 0 saturated heterocycles. The Hall–Kier alpha value is -2.39. The molecule has 0 aromatic heterocycles. The van der Waals surface area contributed by atoms with Crippen molar-refractivity contribution in [3.8, 4) is 0 Å². The second kappa shape index (κ2) is 5.54. The van der Waals surface area contributed by atoms with Gasteiger partial charge in [-0.05, 0) is 22.8 Å². The molecule has 2 aromatic rings. The predicted molar refractivity (Wildman–Crippen MR) is 82.5 cm³/mol. The summed E-state index contributed by atoms with van der Waals surface area (Å²) >= 11 is 0. The minimum absolute atomic E-state index is 0.297. The number of benzene rings is 2. The fraction of sp³-hybridized carbons (Fsp3) is 0.167. The quantitative estimate of drug-likeness (QED) is 0.871. The summed E-state index contributed by atoms with van der Waals surface area (Å²) in [7, 11) is 1.66. The van der Waals surface area contributed by atoms with Crippen LogP contribution in [0.1, 0.15) is 22.6 Å². The highest BCUT2D eigenvalue weighted by molar-refractivity contribution is 5.85. The number of hydrogen-bond donors (Lipinski definition) is 1. The van der Waals surface area contributed by atoms with Crippen LogP contribution >= 0.6 is 0 Å². The van der Waals surface area contributed by atoms with Crippen LogP contribution in [0.25, 0.3) is 6.08 Å². The van der Waals surface area contributed by atoms with Gasteiger partial charge in [-0.15, -0.1) is 0 Å². The highest BCUT2D eigenvalue weighted by Crippen LogP contribution is 2.33. The van der Waals surface area contributed by atoms with E-state index in [0.717, 1.165) is 16.7 Å². The Kier molecular flexibility index (Phi) is 3.59. The molecule has 106 valence electrons. The summed E-state index contributed by atoms with van der Waals surface area (Å²) in [4.78, 5) is 13.8. The van der Waals surface area contributed by atoms with Crippen molar-refractivity contribution in [2.24, 2.45) is 0 Å². The number of carbonyl (C=O) groups excluding carboxylic acids is 1. The molecule has 0 radical (unpaired) electrons. The molecule has 0 bridgehead atoms. The van der Waals surface area contributed by atoms with Gasteiger partial charge in [0.25, 0.3) is 5.91 Å². The number of aliphatic hydroxyl groups excluding tert-OH is 1. The lowest BCUT2D eigenvalue weighted by Gasteiger charge is -2.29. The second-order valence-electron chi connectivity index (χ2n) is 5.23. The molecule has 1 aliphatic rings. The van der Waals surface area contributed by atoms with Crippen LogP contribution in [0.15, 0.2) is 60.8 Å². The maximum Gasteiger partial charge on any atom is 0.256 e. The molecule has 0 saturated carbocycles. The van der Waals surface area contributed by atoms with E-state index in [1.807, 2.05) is 60.7 Å². The number of aliphatic hydroxyl groups is 1. The first-order chi connectivity index (χ1) is 10.2. The van der Waals surface area contributed by atoms with E-state index in [4.69, 9.17) is 0 Å². The van der Waals surface area contributed by atoms with Gasteiger partial charge in [0.15, 0.2) is 0 Å². The van der Waals surface area contributed by atoms with Crippen molar-refractivity contribution in [3.63, 3.8) is 0 Å². The standard InChI is InChI=1S/C18H17NO2/c1-19-12-11-13-7-5-6-10-15(13)16(17(20)18(19)21)14-8-3-2-4-9-14/h2-12,16-17,20H,1H3/t16-,17?/m1/s1. The van der Waals surface area contributed by atoms with Gasteiger partial charge in [-0.2, -0.15) is 0 Å². The first-order valence-electron chi connectivity index (χ1n) is 6.95. The lowest BCUT2D eigenvalue weighted by atomic mass is 9.83. The van der Waals surface area contributed by atoms with Gasteiger partial charge >= 0.3 is 0 Å². The lowest BCUT2D eigenvalue weighted by molar-refractivity contribution is -0.137. The first-order valence-corrected chi connectivity index (χ1v) is 6.95. The molecule has 1 unspecified atom stereocenters. The highest BCUT2D eigenvalue weighted by Gasteiger charge is 2.32. The smallest absolute Gasteiger partial charge is 0.256 e. The van der Waals surface area contributed by atoms with E-state index in [1.54, 1.807) is 13.2 Å². The Labute approximate surface area is 124 Å². The van der Waals surface area contributed by atoms with Crippen molar-refractivity contribution < 1.29 is 9.90 Å². The molecule has 2 aromatic carbocycles. The van der Waals surface area contributed by atoms with Gasteiger partial charge in [-0.25, -0.2) is 0 Å². The first kappa shape index (κ1) is 13.6. The van der Waals surface area contributed by atoms with Gasteiger partial charge in [0, 0.05) is 19.2 Å². The molecule has 1 aliphatic heterocycles. The summed E-state index contributed by atoms with van der Waals surface area (Å²) in [5.41, 5.74) is 2.92. The van der Waals surface area contributed by atoms with Crippen LogP contribution in [0.3, 0.4) is 0 Å². The Bertz CT molecular complexity index is 679. The zero-order chi connectivity index (χ0) is 14.8. The molecule has 0 aliphatic carbocycles. The van der Waals surface area contributed by atoms with Crippen molar-refractivity contribution in [1.29, 1.82) is 0 Å². The molecule has 1 N–H and O–H groups in total. The molecular weight excluding hydrogens is 262 g/mol. The molecule has 2 atom stereocenters. The van der Waals surface area contributed by atoms with Crippen LogP contribution < -0.4 is 0 Å². The van der Waals surface area contributed by atoms with Crippen molar-refractivity contribution in [2.45, 2.75) is 12.0 Å². The third kappa shape index (κ3) is 2.48. The Morgan fingerprint density at radius 3 is 2.43 bits per heavy atom. The molecule has 0 fully saturated rings. The van der Waals surface area contributed by atoms with Crippen molar-refractivity contribution >= 4 is 12.0 Å². The fourth-order valence-corrected chi connectivity index (χ4v) is 2.75. The highest BCUT2D eigenvalue weighted by atomic mass is 16.3. The van der Waals surface area contributed by atoms with Gasteiger partial charge in [-0.3, -0.25) is 4.79 Å². The number of hydrogen-bond acceptors (Lipinski definition) is 2. The van der Waals surface area contributed by atoms with E-state index in [1.165, 1.54) is 4.90 Å². The van der Waals surface area contributed by atoms with Crippen LogP contribution in [0.4, 0.5) is 0 Å². The van der Waals surface area contributed by atoms with E-state index < -0.39 is 6.10 Å². The maximum atomic E-state index is 12.3. The lowest BCUT2D eigenvalue weighted by Crippen LogP contribution is -2.38. The minimum atomic E-state index is -1.09. The normalized spacial score (nSPS) is 21.6. The number of rotatable bonds is 1. The predicted octanol–water partition coefficient (Wildman–Crippen LogP) is 2.62. The van der Waals surface area contributed by atoms with E-state index in [-0.39, 0.29) is 11.8 Å². The zero-order valence-electron chi connectivity index (χ0n) is 11.8.